The summed E-state index contributed by atoms with van der Waals surface area (Å²) in [4.78, 5) is 13.1. The van der Waals surface area contributed by atoms with Crippen molar-refractivity contribution in [1.29, 1.82) is 5.26 Å². The molecule has 0 saturated heterocycles. The van der Waals surface area contributed by atoms with Crippen LogP contribution in [0.2, 0.25) is 0 Å². The second-order valence-corrected chi connectivity index (χ2v) is 5.50. The molecule has 3 heterocycles. The third kappa shape index (κ3) is 2.88. The van der Waals surface area contributed by atoms with Crippen molar-refractivity contribution in [3.8, 4) is 17.3 Å². The molecule has 0 aliphatic rings. The zero-order chi connectivity index (χ0) is 17.2. The van der Waals surface area contributed by atoms with Gasteiger partial charge in [-0.25, -0.2) is 14.5 Å². The molecule has 0 aliphatic heterocycles. The molecule has 0 atom stereocenters. The molecule has 4 aromatic rings. The Bertz CT molecular complexity index is 1090. The van der Waals surface area contributed by atoms with Crippen LogP contribution in [-0.4, -0.2) is 24.6 Å². The monoisotopic (exact) mass is 327 g/mol. The summed E-state index contributed by atoms with van der Waals surface area (Å²) < 4.78 is 1.62. The molecule has 25 heavy (non-hydrogen) atoms. The number of fused-ring (bicyclic) bond motifs is 1. The smallest absolute Gasteiger partial charge is 0.198 e. The van der Waals surface area contributed by atoms with Crippen LogP contribution in [0.4, 0.5) is 5.82 Å². The number of nitrogens with zero attached hydrogens (tertiary/aromatic N) is 6. The summed E-state index contributed by atoms with van der Waals surface area (Å²) in [5.74, 6) is 0.912. The van der Waals surface area contributed by atoms with Gasteiger partial charge in [0.1, 0.15) is 0 Å². The van der Waals surface area contributed by atoms with Crippen LogP contribution in [0.5, 0.6) is 0 Å². The van der Waals surface area contributed by atoms with Crippen molar-refractivity contribution in [2.45, 2.75) is 6.42 Å². The first-order valence-electron chi connectivity index (χ1n) is 7.65. The van der Waals surface area contributed by atoms with E-state index in [1.54, 1.807) is 29.0 Å². The molecule has 0 radical (unpaired) electrons. The quantitative estimate of drug-likeness (QED) is 0.618. The molecular weight excluding hydrogens is 314 g/mol. The molecule has 0 saturated carbocycles. The van der Waals surface area contributed by atoms with Crippen LogP contribution in [0.1, 0.15) is 17.1 Å². The Morgan fingerprint density at radius 1 is 1.12 bits per heavy atom. The van der Waals surface area contributed by atoms with Crippen molar-refractivity contribution in [3.63, 3.8) is 0 Å². The van der Waals surface area contributed by atoms with Gasteiger partial charge in [-0.3, -0.25) is 4.98 Å². The Morgan fingerprint density at radius 3 is 2.84 bits per heavy atom. The average molecular weight is 327 g/mol. The molecule has 2 N–H and O–H groups in total. The van der Waals surface area contributed by atoms with Crippen LogP contribution in [0.3, 0.4) is 0 Å². The second-order valence-electron chi connectivity index (χ2n) is 5.50. The summed E-state index contributed by atoms with van der Waals surface area (Å²) >= 11 is 0. The van der Waals surface area contributed by atoms with Gasteiger partial charge >= 0.3 is 0 Å². The predicted molar refractivity (Wildman–Crippen MR) is 92.4 cm³/mol. The first-order chi connectivity index (χ1) is 12.2. The Balaban J connectivity index is 1.75. The number of hydrogen-bond donors (Lipinski definition) is 1. The number of anilines is 1. The number of benzene rings is 1. The van der Waals surface area contributed by atoms with Crippen LogP contribution in [0, 0.1) is 11.3 Å². The van der Waals surface area contributed by atoms with Gasteiger partial charge in [-0.2, -0.15) is 10.4 Å². The maximum Gasteiger partial charge on any atom is 0.198 e. The van der Waals surface area contributed by atoms with E-state index in [1.807, 2.05) is 30.3 Å². The average Bonchev–Trinajstić information content (AvgIpc) is 3.05. The molecule has 120 valence electrons. The highest BCUT2D eigenvalue weighted by molar-refractivity contribution is 5.68. The second kappa shape index (κ2) is 6.02. The topological polar surface area (TPSA) is 106 Å². The maximum atomic E-state index is 9.05. The summed E-state index contributed by atoms with van der Waals surface area (Å²) in [6.45, 7) is 0. The molecule has 0 unspecified atom stereocenters. The minimum Gasteiger partial charge on any atom is -0.381 e. The van der Waals surface area contributed by atoms with Crippen molar-refractivity contribution < 1.29 is 0 Å². The SMILES string of the molecule is N#Cc1cccc(-c2cn3nc(Cc4ccccn4)nc3c(N)n2)c1. The van der Waals surface area contributed by atoms with Crippen LogP contribution in [0.15, 0.2) is 54.9 Å². The molecule has 3 aromatic heterocycles. The van der Waals surface area contributed by atoms with Crippen molar-refractivity contribution in [2.24, 2.45) is 0 Å². The number of pyridine rings is 1. The normalized spacial score (nSPS) is 10.7. The maximum absolute atomic E-state index is 9.05. The van der Waals surface area contributed by atoms with Gasteiger partial charge < -0.3 is 5.73 Å². The lowest BCUT2D eigenvalue weighted by atomic mass is 10.1. The summed E-state index contributed by atoms with van der Waals surface area (Å²) in [5, 5.41) is 13.5. The van der Waals surface area contributed by atoms with Crippen LogP contribution in [-0.2, 0) is 6.42 Å². The van der Waals surface area contributed by atoms with E-state index in [0.29, 0.717) is 35.0 Å². The fourth-order valence-corrected chi connectivity index (χ4v) is 2.58. The molecule has 0 fully saturated rings. The van der Waals surface area contributed by atoms with Gasteiger partial charge in [0.2, 0.25) is 0 Å². The number of aromatic nitrogens is 5. The fourth-order valence-electron chi connectivity index (χ4n) is 2.58. The van der Waals surface area contributed by atoms with Gasteiger partial charge in [-0.1, -0.05) is 18.2 Å². The van der Waals surface area contributed by atoms with E-state index >= 15 is 0 Å². The van der Waals surface area contributed by atoms with E-state index < -0.39 is 0 Å². The van der Waals surface area contributed by atoms with Gasteiger partial charge in [0.15, 0.2) is 17.3 Å². The van der Waals surface area contributed by atoms with Gasteiger partial charge in [0, 0.05) is 17.5 Å². The molecule has 4 rings (SSSR count). The molecule has 0 spiro atoms. The minimum absolute atomic E-state index is 0.291. The molecule has 0 aliphatic carbocycles. The summed E-state index contributed by atoms with van der Waals surface area (Å²) in [6, 6.07) is 15.0. The molecule has 7 nitrogen and oxygen atoms in total. The van der Waals surface area contributed by atoms with Crippen LogP contribution in [0.25, 0.3) is 16.9 Å². The largest absolute Gasteiger partial charge is 0.381 e. The summed E-state index contributed by atoms with van der Waals surface area (Å²) in [5.41, 5.74) is 9.44. The van der Waals surface area contributed by atoms with E-state index in [4.69, 9.17) is 11.0 Å². The number of nitrogens with two attached hydrogens (primary N) is 1. The van der Waals surface area contributed by atoms with E-state index in [2.05, 4.69) is 26.1 Å². The van der Waals surface area contributed by atoms with Crippen molar-refractivity contribution in [1.82, 2.24) is 24.6 Å². The van der Waals surface area contributed by atoms with Crippen molar-refractivity contribution in [2.75, 3.05) is 5.73 Å². The molecule has 1 aromatic carbocycles. The lowest BCUT2D eigenvalue weighted by Crippen LogP contribution is -2.00. The lowest BCUT2D eigenvalue weighted by Gasteiger charge is -2.03. The molecule has 7 heteroatoms. The van der Waals surface area contributed by atoms with Crippen molar-refractivity contribution in [3.05, 3.63) is 71.9 Å². The fraction of sp³-hybridized carbons (Fsp3) is 0.0556. The molecular formula is C18H13N7. The van der Waals surface area contributed by atoms with Crippen molar-refractivity contribution >= 4 is 11.5 Å². The van der Waals surface area contributed by atoms with E-state index in [1.165, 1.54) is 0 Å². The Kier molecular flexibility index (Phi) is 3.56. The third-order valence-electron chi connectivity index (χ3n) is 3.74. The number of hydrogen-bond acceptors (Lipinski definition) is 6. The summed E-state index contributed by atoms with van der Waals surface area (Å²) in [6.07, 6.45) is 4.01. The van der Waals surface area contributed by atoms with E-state index in [-0.39, 0.29) is 0 Å². The van der Waals surface area contributed by atoms with Gasteiger partial charge in [-0.15, -0.1) is 0 Å². The standard InChI is InChI=1S/C18H13N7/c19-10-12-4-3-5-13(8-12)15-11-25-18(17(20)22-15)23-16(24-25)9-14-6-1-2-7-21-14/h1-8,11H,9H2,(H2,20,22). The number of rotatable bonds is 3. The first kappa shape index (κ1) is 14.8. The Hall–Kier alpha value is -3.79. The van der Waals surface area contributed by atoms with Gasteiger partial charge in [0.25, 0.3) is 0 Å². The molecule has 0 bridgehead atoms. The number of nitriles is 1. The zero-order valence-electron chi connectivity index (χ0n) is 13.2. The first-order valence-corrected chi connectivity index (χ1v) is 7.65. The highest BCUT2D eigenvalue weighted by Crippen LogP contribution is 2.21. The van der Waals surface area contributed by atoms with Gasteiger partial charge in [0.05, 0.1) is 29.9 Å². The zero-order valence-corrected chi connectivity index (χ0v) is 13.2. The minimum atomic E-state index is 0.291. The van der Waals surface area contributed by atoms with Crippen LogP contribution >= 0.6 is 0 Å². The highest BCUT2D eigenvalue weighted by atomic mass is 15.3. The Labute approximate surface area is 143 Å². The third-order valence-corrected chi connectivity index (χ3v) is 3.74. The number of nitrogen functional groups attached to an aromatic ring is 1. The lowest BCUT2D eigenvalue weighted by molar-refractivity contribution is 0.884. The van der Waals surface area contributed by atoms with E-state index in [0.717, 1.165) is 11.3 Å². The van der Waals surface area contributed by atoms with Gasteiger partial charge in [-0.05, 0) is 24.3 Å². The Morgan fingerprint density at radius 2 is 2.04 bits per heavy atom. The summed E-state index contributed by atoms with van der Waals surface area (Å²) in [7, 11) is 0. The van der Waals surface area contributed by atoms with E-state index in [9.17, 15) is 0 Å². The van der Waals surface area contributed by atoms with Crippen LogP contribution < -0.4 is 5.73 Å². The highest BCUT2D eigenvalue weighted by Gasteiger charge is 2.12. The predicted octanol–water partition coefficient (Wildman–Crippen LogP) is 2.23. The molecule has 0 amide bonds.